The van der Waals surface area contributed by atoms with Gasteiger partial charge in [0, 0.05) is 25.7 Å². The molecule has 0 saturated heterocycles. The highest BCUT2D eigenvalue weighted by atomic mass is 16.3. The van der Waals surface area contributed by atoms with Crippen molar-refractivity contribution in [2.45, 2.75) is 24.2 Å². The molecular formula is C23H27N3O8. The molecule has 7 atom stereocenters. The number of hydrogen-bond acceptors (Lipinski definition) is 10. The lowest BCUT2D eigenvalue weighted by Gasteiger charge is -2.54. The van der Waals surface area contributed by atoms with Crippen molar-refractivity contribution >= 4 is 34.7 Å². The number of hydrogen-bond donors (Lipinski definition) is 4. The van der Waals surface area contributed by atoms with Crippen LogP contribution in [0.25, 0.3) is 0 Å². The second-order valence-electron chi connectivity index (χ2n) is 9.72. The second kappa shape index (κ2) is 7.69. The number of fused-ring (bicyclic) bond motifs is 3. The second-order valence-corrected chi connectivity index (χ2v) is 9.72. The summed E-state index contributed by atoms with van der Waals surface area (Å²) in [5, 5.41) is 33.4. The number of phenols is 1. The Bertz CT molecular complexity index is 1150. The molecule has 0 aromatic heterocycles. The Morgan fingerprint density at radius 2 is 1.71 bits per heavy atom. The molecule has 4 rings (SSSR count). The highest BCUT2D eigenvalue weighted by Gasteiger charge is 2.72. The Kier molecular flexibility index (Phi) is 5.42. The monoisotopic (exact) mass is 473 g/mol. The van der Waals surface area contributed by atoms with E-state index in [0.717, 1.165) is 0 Å². The number of nitrogens with zero attached hydrogens (tertiary/aromatic N) is 2. The molecule has 1 aromatic carbocycles. The van der Waals surface area contributed by atoms with Crippen LogP contribution in [-0.2, 0) is 25.6 Å². The number of anilines is 1. The molecular weight excluding hydrogens is 446 g/mol. The first-order chi connectivity index (χ1) is 15.8. The molecule has 7 unspecified atom stereocenters. The lowest BCUT2D eigenvalue weighted by molar-refractivity contribution is -0.195. The molecule has 3 aliphatic carbocycles. The third kappa shape index (κ3) is 2.90. The summed E-state index contributed by atoms with van der Waals surface area (Å²) in [7, 11) is 6.36. The van der Waals surface area contributed by atoms with Crippen molar-refractivity contribution in [3.8, 4) is 5.75 Å². The molecule has 182 valence electrons. The number of Topliss-reactive ketones (excluding diaryl/α,β-unsaturated/α-hetero) is 4. The van der Waals surface area contributed by atoms with Gasteiger partial charge in [0.25, 0.3) is 0 Å². The summed E-state index contributed by atoms with van der Waals surface area (Å²) >= 11 is 0. The number of nitrogens with two attached hydrogens (primary N) is 1. The third-order valence-electron chi connectivity index (χ3n) is 7.49. The number of primary amides is 1. The molecule has 2 saturated carbocycles. The number of carbonyl (C=O) groups excluding carboxylic acids is 5. The highest BCUT2D eigenvalue weighted by molar-refractivity contribution is 6.32. The number of rotatable bonds is 3. The van der Waals surface area contributed by atoms with Crippen LogP contribution in [0.2, 0.25) is 0 Å². The molecule has 1 aromatic rings. The van der Waals surface area contributed by atoms with Gasteiger partial charge < -0.3 is 26.0 Å². The van der Waals surface area contributed by atoms with Gasteiger partial charge in [-0.25, -0.2) is 0 Å². The van der Waals surface area contributed by atoms with Crippen LogP contribution in [0.15, 0.2) is 12.1 Å². The summed E-state index contributed by atoms with van der Waals surface area (Å²) in [5.41, 5.74) is 3.17. The van der Waals surface area contributed by atoms with E-state index in [-0.39, 0.29) is 17.7 Å². The van der Waals surface area contributed by atoms with Crippen molar-refractivity contribution in [2.24, 2.45) is 29.4 Å². The molecule has 11 heteroatoms. The molecule has 0 spiro atoms. The van der Waals surface area contributed by atoms with E-state index in [4.69, 9.17) is 5.73 Å². The van der Waals surface area contributed by atoms with Gasteiger partial charge in [0.15, 0.2) is 34.7 Å². The summed E-state index contributed by atoms with van der Waals surface area (Å²) in [4.78, 5) is 68.5. The van der Waals surface area contributed by atoms with Crippen molar-refractivity contribution in [1.82, 2.24) is 4.90 Å². The Hall–Kier alpha value is -3.15. The summed E-state index contributed by atoms with van der Waals surface area (Å²) in [6, 6.07) is 1.53. The van der Waals surface area contributed by atoms with Gasteiger partial charge in [0.1, 0.15) is 5.75 Å². The van der Waals surface area contributed by atoms with E-state index in [2.05, 4.69) is 0 Å². The summed E-state index contributed by atoms with van der Waals surface area (Å²) < 4.78 is 0. The maximum atomic E-state index is 13.7. The Labute approximate surface area is 195 Å². The SMILES string of the molecule is CN(C)c1ccc(O)c2c1CC1C(C2=O)C(=O)C2(O)C(=O)C(C(N)=O)C(=O)C(N(C)C)C2C1O. The maximum Gasteiger partial charge on any atom is 0.235 e. The minimum absolute atomic E-state index is 0.0189. The standard InChI is InChI=1S/C23H27N3O8/c1-25(2)10-5-6-11(27)12-8(10)7-9-13(18(12)29)20(31)23(34)15(17(9)28)16(26(3)4)19(30)14(21(23)32)22(24)33/h5-6,9,13-17,27-28,34H,7H2,1-4H3,(H2,24,33). The van der Waals surface area contributed by atoms with E-state index in [1.54, 1.807) is 25.1 Å². The van der Waals surface area contributed by atoms with Crippen molar-refractivity contribution in [1.29, 1.82) is 0 Å². The zero-order valence-electron chi connectivity index (χ0n) is 19.2. The summed E-state index contributed by atoms with van der Waals surface area (Å²) in [6.07, 6.45) is -1.65. The number of carbonyl (C=O) groups is 5. The Balaban J connectivity index is 1.94. The van der Waals surface area contributed by atoms with Crippen LogP contribution in [0.1, 0.15) is 15.9 Å². The molecule has 1 amide bonds. The van der Waals surface area contributed by atoms with Crippen molar-refractivity contribution < 1.29 is 39.3 Å². The Morgan fingerprint density at radius 3 is 2.24 bits per heavy atom. The van der Waals surface area contributed by atoms with Crippen molar-refractivity contribution in [3.05, 3.63) is 23.3 Å². The van der Waals surface area contributed by atoms with Crippen LogP contribution in [0.4, 0.5) is 5.69 Å². The van der Waals surface area contributed by atoms with Crippen LogP contribution in [0.5, 0.6) is 5.75 Å². The summed E-state index contributed by atoms with van der Waals surface area (Å²) in [5.74, 6) is -12.5. The fraction of sp³-hybridized carbons (Fsp3) is 0.522. The lowest BCUT2D eigenvalue weighted by Crippen LogP contribution is -2.77. The minimum Gasteiger partial charge on any atom is -0.507 e. The van der Waals surface area contributed by atoms with Gasteiger partial charge in [-0.15, -0.1) is 0 Å². The van der Waals surface area contributed by atoms with E-state index in [1.807, 2.05) is 0 Å². The van der Waals surface area contributed by atoms with Gasteiger partial charge in [0.05, 0.1) is 29.5 Å². The number of ketones is 4. The fourth-order valence-corrected chi connectivity index (χ4v) is 6.02. The quantitative estimate of drug-likeness (QED) is 0.356. The van der Waals surface area contributed by atoms with Gasteiger partial charge in [-0.1, -0.05) is 0 Å². The van der Waals surface area contributed by atoms with E-state index < -0.39 is 70.5 Å². The van der Waals surface area contributed by atoms with Gasteiger partial charge in [-0.2, -0.15) is 0 Å². The zero-order chi connectivity index (χ0) is 25.4. The molecule has 0 radical (unpaired) electrons. The topological polar surface area (TPSA) is 179 Å². The van der Waals surface area contributed by atoms with Gasteiger partial charge >= 0.3 is 0 Å². The van der Waals surface area contributed by atoms with E-state index in [0.29, 0.717) is 11.3 Å². The predicted octanol–water partition coefficient (Wildman–Crippen LogP) is -2.10. The molecule has 3 aliphatic rings. The first kappa shape index (κ1) is 24.0. The number of phenolic OH excluding ortho intramolecular Hbond substituents is 1. The number of benzene rings is 1. The van der Waals surface area contributed by atoms with E-state index in [9.17, 15) is 39.3 Å². The van der Waals surface area contributed by atoms with E-state index >= 15 is 0 Å². The molecule has 0 heterocycles. The average Bonchev–Trinajstić information content (AvgIpc) is 2.73. The lowest BCUT2D eigenvalue weighted by atomic mass is 9.51. The number of aromatic hydroxyl groups is 1. The van der Waals surface area contributed by atoms with Crippen LogP contribution in [0, 0.1) is 23.7 Å². The first-order valence-corrected chi connectivity index (χ1v) is 10.8. The zero-order valence-corrected chi connectivity index (χ0v) is 19.2. The normalized spacial score (nSPS) is 35.0. The number of likely N-dealkylation sites (N-methyl/N-ethyl adjacent to an activating group) is 1. The van der Waals surface area contributed by atoms with Crippen molar-refractivity contribution in [2.75, 3.05) is 33.1 Å². The van der Waals surface area contributed by atoms with Crippen LogP contribution in [0.3, 0.4) is 0 Å². The maximum absolute atomic E-state index is 13.7. The number of aliphatic hydroxyl groups excluding tert-OH is 1. The van der Waals surface area contributed by atoms with Crippen molar-refractivity contribution in [3.63, 3.8) is 0 Å². The largest absolute Gasteiger partial charge is 0.507 e. The molecule has 2 fully saturated rings. The first-order valence-electron chi connectivity index (χ1n) is 10.8. The predicted molar refractivity (Wildman–Crippen MR) is 117 cm³/mol. The van der Waals surface area contributed by atoms with Gasteiger partial charge in [0.2, 0.25) is 5.91 Å². The van der Waals surface area contributed by atoms with Gasteiger partial charge in [-0.3, -0.25) is 28.9 Å². The van der Waals surface area contributed by atoms with Gasteiger partial charge in [-0.05, 0) is 38.2 Å². The molecule has 0 bridgehead atoms. The molecule has 11 nitrogen and oxygen atoms in total. The van der Waals surface area contributed by atoms with Crippen LogP contribution >= 0.6 is 0 Å². The van der Waals surface area contributed by atoms with Crippen LogP contribution in [-0.4, -0.2) is 95.2 Å². The molecule has 5 N–H and O–H groups in total. The molecule has 0 aliphatic heterocycles. The van der Waals surface area contributed by atoms with E-state index in [1.165, 1.54) is 25.1 Å². The fourth-order valence-electron chi connectivity index (χ4n) is 6.02. The number of amides is 1. The number of aliphatic hydroxyl groups is 2. The highest BCUT2D eigenvalue weighted by Crippen LogP contribution is 2.51. The molecule has 34 heavy (non-hydrogen) atoms. The summed E-state index contributed by atoms with van der Waals surface area (Å²) in [6.45, 7) is 0. The van der Waals surface area contributed by atoms with Crippen LogP contribution < -0.4 is 10.6 Å². The Morgan fingerprint density at radius 1 is 1.09 bits per heavy atom. The average molecular weight is 473 g/mol. The third-order valence-corrected chi connectivity index (χ3v) is 7.49. The smallest absolute Gasteiger partial charge is 0.235 e. The minimum atomic E-state index is -2.98.